The summed E-state index contributed by atoms with van der Waals surface area (Å²) in [6.07, 6.45) is 1.85. The van der Waals surface area contributed by atoms with Gasteiger partial charge in [0.15, 0.2) is 0 Å². The highest BCUT2D eigenvalue weighted by molar-refractivity contribution is 6.01. The maximum Gasteiger partial charge on any atom is 0.254 e. The van der Waals surface area contributed by atoms with Gasteiger partial charge < -0.3 is 15.1 Å². The minimum Gasteiger partial charge on any atom is -0.373 e. The van der Waals surface area contributed by atoms with Crippen molar-refractivity contribution in [3.8, 4) is 11.1 Å². The summed E-state index contributed by atoms with van der Waals surface area (Å²) in [5, 5.41) is 3.27. The number of likely N-dealkylation sites (N-methyl/N-ethyl adjacent to an activating group) is 1. The van der Waals surface area contributed by atoms with E-state index in [4.69, 9.17) is 9.97 Å². The van der Waals surface area contributed by atoms with E-state index in [1.54, 1.807) is 0 Å². The molecule has 5 rings (SSSR count). The van der Waals surface area contributed by atoms with E-state index in [9.17, 15) is 4.79 Å². The standard InChI is InChI=1S/C26H29N5O/c1-27-25-22-13-14-30(2)17-23(22)28-24(29-25)19-12-15-31(16-19)26(32)21-11-7-6-10-20(21)18-8-4-3-5-9-18/h3-11,19H,12-17H2,1-2H3,(H,27,28,29)/t19-/m0/s1. The van der Waals surface area contributed by atoms with Crippen LogP contribution in [0.1, 0.15) is 39.8 Å². The molecule has 0 aliphatic carbocycles. The molecule has 3 heterocycles. The van der Waals surface area contributed by atoms with E-state index < -0.39 is 0 Å². The van der Waals surface area contributed by atoms with Crippen LogP contribution in [0.5, 0.6) is 0 Å². The molecule has 6 nitrogen and oxygen atoms in total. The van der Waals surface area contributed by atoms with E-state index in [0.29, 0.717) is 6.54 Å². The van der Waals surface area contributed by atoms with Gasteiger partial charge in [0, 0.05) is 50.3 Å². The quantitative estimate of drug-likeness (QED) is 0.686. The fourth-order valence-corrected chi connectivity index (χ4v) is 4.83. The van der Waals surface area contributed by atoms with Gasteiger partial charge in [-0.3, -0.25) is 4.79 Å². The normalized spacial score (nSPS) is 18.4. The Balaban J connectivity index is 1.39. The van der Waals surface area contributed by atoms with E-state index in [0.717, 1.165) is 66.5 Å². The Kier molecular flexibility index (Phi) is 5.62. The Morgan fingerprint density at radius 2 is 1.81 bits per heavy atom. The van der Waals surface area contributed by atoms with Crippen molar-refractivity contribution in [3.05, 3.63) is 77.2 Å². The summed E-state index contributed by atoms with van der Waals surface area (Å²) in [4.78, 5) is 27.6. The summed E-state index contributed by atoms with van der Waals surface area (Å²) in [6.45, 7) is 3.25. The van der Waals surface area contributed by atoms with E-state index in [1.165, 1.54) is 5.56 Å². The van der Waals surface area contributed by atoms with Gasteiger partial charge in [0.05, 0.1) is 5.69 Å². The fraction of sp³-hybridized carbons (Fsp3) is 0.346. The molecule has 2 aromatic carbocycles. The molecule has 0 unspecified atom stereocenters. The molecule has 2 aliphatic heterocycles. The third-order valence-electron chi connectivity index (χ3n) is 6.59. The molecule has 6 heteroatoms. The maximum absolute atomic E-state index is 13.5. The molecule has 0 spiro atoms. The number of nitrogens with one attached hydrogen (secondary N) is 1. The number of carbonyl (C=O) groups is 1. The van der Waals surface area contributed by atoms with E-state index >= 15 is 0 Å². The first-order valence-electron chi connectivity index (χ1n) is 11.3. The summed E-state index contributed by atoms with van der Waals surface area (Å²) in [5.74, 6) is 2.04. The number of hydrogen-bond donors (Lipinski definition) is 1. The molecule has 1 aromatic heterocycles. The van der Waals surface area contributed by atoms with E-state index in [2.05, 4.69) is 29.4 Å². The lowest BCUT2D eigenvalue weighted by molar-refractivity contribution is 0.0791. The number of nitrogens with zero attached hydrogens (tertiary/aromatic N) is 4. The van der Waals surface area contributed by atoms with Crippen molar-refractivity contribution in [2.75, 3.05) is 39.0 Å². The number of likely N-dealkylation sites (tertiary alicyclic amines) is 1. The first kappa shape index (κ1) is 20.6. The molecule has 1 saturated heterocycles. The van der Waals surface area contributed by atoms with Crippen molar-refractivity contribution in [2.45, 2.75) is 25.3 Å². The lowest BCUT2D eigenvalue weighted by Gasteiger charge is -2.26. The van der Waals surface area contributed by atoms with Crippen LogP contribution in [-0.4, -0.2) is 59.4 Å². The Morgan fingerprint density at radius 3 is 2.62 bits per heavy atom. The lowest BCUT2D eigenvalue weighted by atomic mass is 9.99. The van der Waals surface area contributed by atoms with E-state index in [-0.39, 0.29) is 11.8 Å². The third kappa shape index (κ3) is 3.86. The minimum atomic E-state index is 0.0819. The monoisotopic (exact) mass is 427 g/mol. The highest BCUT2D eigenvalue weighted by Gasteiger charge is 2.32. The summed E-state index contributed by atoms with van der Waals surface area (Å²) in [6, 6.07) is 18.0. The van der Waals surface area contributed by atoms with Crippen molar-refractivity contribution in [1.29, 1.82) is 0 Å². The Bertz CT molecular complexity index is 1130. The van der Waals surface area contributed by atoms with Crippen LogP contribution in [0.2, 0.25) is 0 Å². The molecule has 0 bridgehead atoms. The van der Waals surface area contributed by atoms with Crippen LogP contribution in [0.15, 0.2) is 54.6 Å². The van der Waals surface area contributed by atoms with Gasteiger partial charge in [-0.1, -0.05) is 48.5 Å². The molecule has 0 radical (unpaired) electrons. The van der Waals surface area contributed by atoms with Gasteiger partial charge in [-0.2, -0.15) is 0 Å². The van der Waals surface area contributed by atoms with Crippen molar-refractivity contribution in [1.82, 2.24) is 19.8 Å². The summed E-state index contributed by atoms with van der Waals surface area (Å²) in [7, 11) is 4.06. The van der Waals surface area contributed by atoms with Crippen LogP contribution in [-0.2, 0) is 13.0 Å². The minimum absolute atomic E-state index is 0.0819. The number of benzene rings is 2. The predicted octanol–water partition coefficient (Wildman–Crippen LogP) is 3.80. The second-order valence-electron chi connectivity index (χ2n) is 8.74. The molecule has 32 heavy (non-hydrogen) atoms. The molecule has 1 fully saturated rings. The number of aromatic nitrogens is 2. The zero-order chi connectivity index (χ0) is 22.1. The summed E-state index contributed by atoms with van der Waals surface area (Å²) in [5.41, 5.74) is 5.15. The molecule has 0 saturated carbocycles. The fourth-order valence-electron chi connectivity index (χ4n) is 4.83. The van der Waals surface area contributed by atoms with Crippen LogP contribution in [0, 0.1) is 0 Å². The molecule has 2 aliphatic rings. The highest BCUT2D eigenvalue weighted by atomic mass is 16.2. The predicted molar refractivity (Wildman–Crippen MR) is 127 cm³/mol. The van der Waals surface area contributed by atoms with Crippen molar-refractivity contribution in [2.24, 2.45) is 0 Å². The summed E-state index contributed by atoms with van der Waals surface area (Å²) < 4.78 is 0. The zero-order valence-electron chi connectivity index (χ0n) is 18.7. The van der Waals surface area contributed by atoms with Gasteiger partial charge in [0.25, 0.3) is 5.91 Å². The smallest absolute Gasteiger partial charge is 0.254 e. The first-order valence-corrected chi connectivity index (χ1v) is 11.3. The number of anilines is 1. The second kappa shape index (κ2) is 8.71. The molecular weight excluding hydrogens is 398 g/mol. The molecule has 1 atom stereocenters. The molecule has 3 aromatic rings. The SMILES string of the molecule is CNc1nc([C@H]2CCN(C(=O)c3ccccc3-c3ccccc3)C2)nc2c1CCN(C)C2. The van der Waals surface area contributed by atoms with Crippen molar-refractivity contribution in [3.63, 3.8) is 0 Å². The van der Waals surface area contributed by atoms with Gasteiger partial charge in [-0.25, -0.2) is 9.97 Å². The number of fused-ring (bicyclic) bond motifs is 1. The van der Waals surface area contributed by atoms with Crippen LogP contribution in [0.3, 0.4) is 0 Å². The second-order valence-corrected chi connectivity index (χ2v) is 8.74. The van der Waals surface area contributed by atoms with E-state index in [1.807, 2.05) is 54.4 Å². The lowest BCUT2D eigenvalue weighted by Crippen LogP contribution is -2.30. The average Bonchev–Trinajstić information content (AvgIpc) is 3.33. The zero-order valence-corrected chi connectivity index (χ0v) is 18.7. The van der Waals surface area contributed by atoms with Crippen LogP contribution >= 0.6 is 0 Å². The Morgan fingerprint density at radius 1 is 1.03 bits per heavy atom. The van der Waals surface area contributed by atoms with Crippen LogP contribution in [0.25, 0.3) is 11.1 Å². The topological polar surface area (TPSA) is 61.4 Å². The van der Waals surface area contributed by atoms with Crippen molar-refractivity contribution >= 4 is 11.7 Å². The van der Waals surface area contributed by atoms with Crippen LogP contribution in [0.4, 0.5) is 5.82 Å². The molecular formula is C26H29N5O. The number of amides is 1. The van der Waals surface area contributed by atoms with Gasteiger partial charge in [0.1, 0.15) is 11.6 Å². The van der Waals surface area contributed by atoms with Crippen molar-refractivity contribution < 1.29 is 4.79 Å². The third-order valence-corrected chi connectivity index (χ3v) is 6.59. The molecule has 1 N–H and O–H groups in total. The molecule has 164 valence electrons. The Labute approximate surface area is 189 Å². The highest BCUT2D eigenvalue weighted by Crippen LogP contribution is 2.32. The largest absolute Gasteiger partial charge is 0.373 e. The van der Waals surface area contributed by atoms with Gasteiger partial charge >= 0.3 is 0 Å². The maximum atomic E-state index is 13.5. The molecule has 1 amide bonds. The first-order chi connectivity index (χ1) is 15.6. The number of carbonyl (C=O) groups excluding carboxylic acids is 1. The van der Waals surface area contributed by atoms with Crippen LogP contribution < -0.4 is 5.32 Å². The van der Waals surface area contributed by atoms with Gasteiger partial charge in [-0.15, -0.1) is 0 Å². The average molecular weight is 428 g/mol. The number of rotatable bonds is 4. The van der Waals surface area contributed by atoms with Gasteiger partial charge in [0.2, 0.25) is 0 Å². The van der Waals surface area contributed by atoms with Gasteiger partial charge in [-0.05, 0) is 37.1 Å². The summed E-state index contributed by atoms with van der Waals surface area (Å²) >= 11 is 0. The number of hydrogen-bond acceptors (Lipinski definition) is 5. The Hall–Kier alpha value is -3.25.